The van der Waals surface area contributed by atoms with Crippen molar-refractivity contribution < 1.29 is 14.1 Å². The summed E-state index contributed by atoms with van der Waals surface area (Å²) in [5.41, 5.74) is 1.80. The number of hydrogen-bond acceptors (Lipinski definition) is 5. The van der Waals surface area contributed by atoms with Gasteiger partial charge in [0.05, 0.1) is 12.2 Å². The monoisotopic (exact) mass is 322 g/mol. The molecule has 0 spiro atoms. The minimum Gasteiger partial charge on any atom is -0.361 e. The van der Waals surface area contributed by atoms with Crippen LogP contribution in [-0.4, -0.2) is 41.6 Å². The average Bonchev–Trinajstić information content (AvgIpc) is 2.79. The summed E-state index contributed by atoms with van der Waals surface area (Å²) < 4.78 is 5.11. The molecule has 0 saturated heterocycles. The fraction of sp³-hybridized carbons (Fsp3) is 0.688. The SMILES string of the molecule is Cc1noc(C)c1CN(C)CC(=O)NC(=O)NC1CCCCC1. The highest BCUT2D eigenvalue weighted by Crippen LogP contribution is 2.17. The summed E-state index contributed by atoms with van der Waals surface area (Å²) in [6, 6.07) is -0.204. The van der Waals surface area contributed by atoms with Crippen LogP contribution in [0.5, 0.6) is 0 Å². The lowest BCUT2D eigenvalue weighted by molar-refractivity contribution is -0.121. The molecule has 7 heteroatoms. The van der Waals surface area contributed by atoms with Crippen molar-refractivity contribution >= 4 is 11.9 Å². The lowest BCUT2D eigenvalue weighted by Gasteiger charge is -2.23. The minimum absolute atomic E-state index is 0.141. The number of imide groups is 1. The van der Waals surface area contributed by atoms with Crippen LogP contribution in [0.25, 0.3) is 0 Å². The molecular weight excluding hydrogens is 296 g/mol. The number of carbonyl (C=O) groups is 2. The Morgan fingerprint density at radius 3 is 2.57 bits per heavy atom. The summed E-state index contributed by atoms with van der Waals surface area (Å²) >= 11 is 0. The second kappa shape index (κ2) is 8.10. The van der Waals surface area contributed by atoms with Crippen molar-refractivity contribution in [3.63, 3.8) is 0 Å². The molecule has 1 aromatic heterocycles. The number of nitrogens with zero attached hydrogens (tertiary/aromatic N) is 2. The van der Waals surface area contributed by atoms with Crippen molar-refractivity contribution in [2.24, 2.45) is 0 Å². The highest BCUT2D eigenvalue weighted by molar-refractivity contribution is 5.95. The topological polar surface area (TPSA) is 87.5 Å². The number of carbonyl (C=O) groups excluding carboxylic acids is 2. The van der Waals surface area contributed by atoms with E-state index in [0.717, 1.165) is 42.7 Å². The van der Waals surface area contributed by atoms with Crippen molar-refractivity contribution in [2.45, 2.75) is 58.5 Å². The number of aryl methyl sites for hydroxylation is 2. The zero-order valence-corrected chi connectivity index (χ0v) is 14.1. The van der Waals surface area contributed by atoms with E-state index in [2.05, 4.69) is 15.8 Å². The Kier molecular flexibility index (Phi) is 6.15. The van der Waals surface area contributed by atoms with Crippen LogP contribution in [-0.2, 0) is 11.3 Å². The second-order valence-corrected chi connectivity index (χ2v) is 6.33. The second-order valence-electron chi connectivity index (χ2n) is 6.33. The van der Waals surface area contributed by atoms with E-state index in [4.69, 9.17) is 4.52 Å². The fourth-order valence-electron chi connectivity index (χ4n) is 2.93. The number of likely N-dealkylation sites (N-methyl/N-ethyl adjacent to an activating group) is 1. The molecule has 0 bridgehead atoms. The number of hydrogen-bond donors (Lipinski definition) is 2. The Hall–Kier alpha value is -1.89. The van der Waals surface area contributed by atoms with Crippen LogP contribution < -0.4 is 10.6 Å². The third kappa shape index (κ3) is 5.35. The molecule has 23 heavy (non-hydrogen) atoms. The molecular formula is C16H26N4O3. The third-order valence-corrected chi connectivity index (χ3v) is 4.22. The molecule has 2 rings (SSSR count). The predicted octanol–water partition coefficient (Wildman–Crippen LogP) is 1.88. The normalized spacial score (nSPS) is 15.7. The van der Waals surface area contributed by atoms with Crippen molar-refractivity contribution in [3.05, 3.63) is 17.0 Å². The Morgan fingerprint density at radius 1 is 1.26 bits per heavy atom. The minimum atomic E-state index is -0.396. The van der Waals surface area contributed by atoms with Crippen LogP contribution in [0.4, 0.5) is 4.79 Å². The van der Waals surface area contributed by atoms with Crippen LogP contribution in [0.15, 0.2) is 4.52 Å². The molecule has 128 valence electrons. The molecule has 0 atom stereocenters. The van der Waals surface area contributed by atoms with Gasteiger partial charge in [0.2, 0.25) is 5.91 Å². The number of urea groups is 1. The molecule has 1 aliphatic rings. The van der Waals surface area contributed by atoms with Crippen molar-refractivity contribution in [1.82, 2.24) is 20.7 Å². The summed E-state index contributed by atoms with van der Waals surface area (Å²) in [5, 5.41) is 9.17. The maximum Gasteiger partial charge on any atom is 0.321 e. The van der Waals surface area contributed by atoms with Gasteiger partial charge in [0.25, 0.3) is 0 Å². The number of rotatable bonds is 5. The van der Waals surface area contributed by atoms with Gasteiger partial charge in [-0.15, -0.1) is 0 Å². The van der Waals surface area contributed by atoms with E-state index >= 15 is 0 Å². The zero-order chi connectivity index (χ0) is 16.8. The highest BCUT2D eigenvalue weighted by atomic mass is 16.5. The largest absolute Gasteiger partial charge is 0.361 e. The molecule has 0 radical (unpaired) electrons. The van der Waals surface area contributed by atoms with Crippen LogP contribution in [0.3, 0.4) is 0 Å². The molecule has 0 aliphatic heterocycles. The summed E-state index contributed by atoms with van der Waals surface area (Å²) in [7, 11) is 1.82. The van der Waals surface area contributed by atoms with E-state index in [1.54, 1.807) is 0 Å². The van der Waals surface area contributed by atoms with Gasteiger partial charge in [-0.1, -0.05) is 24.4 Å². The maximum atomic E-state index is 12.0. The lowest BCUT2D eigenvalue weighted by atomic mass is 9.96. The molecule has 0 aromatic carbocycles. The van der Waals surface area contributed by atoms with Crippen molar-refractivity contribution in [2.75, 3.05) is 13.6 Å². The summed E-state index contributed by atoms with van der Waals surface area (Å²) in [6.45, 7) is 4.42. The smallest absolute Gasteiger partial charge is 0.321 e. The van der Waals surface area contributed by atoms with E-state index in [9.17, 15) is 9.59 Å². The standard InChI is InChI=1S/C16H26N4O3/c1-11-14(12(2)23-19-11)9-20(3)10-15(21)18-16(22)17-13-7-5-4-6-8-13/h13H,4-10H2,1-3H3,(H2,17,18,21,22). The van der Waals surface area contributed by atoms with Gasteiger partial charge in [-0.2, -0.15) is 0 Å². The lowest BCUT2D eigenvalue weighted by Crippen LogP contribution is -2.47. The first-order valence-corrected chi connectivity index (χ1v) is 8.16. The van der Waals surface area contributed by atoms with Gasteiger partial charge in [-0.25, -0.2) is 4.79 Å². The van der Waals surface area contributed by atoms with Crippen LogP contribution >= 0.6 is 0 Å². The molecule has 1 heterocycles. The molecule has 0 unspecified atom stereocenters. The van der Waals surface area contributed by atoms with Crippen LogP contribution in [0.2, 0.25) is 0 Å². The Labute approximate surface area is 136 Å². The van der Waals surface area contributed by atoms with Crippen LogP contribution in [0, 0.1) is 13.8 Å². The maximum absolute atomic E-state index is 12.0. The molecule has 7 nitrogen and oxygen atoms in total. The molecule has 1 saturated carbocycles. The van der Waals surface area contributed by atoms with E-state index in [0.29, 0.717) is 6.54 Å². The quantitative estimate of drug-likeness (QED) is 0.864. The predicted molar refractivity (Wildman–Crippen MR) is 85.9 cm³/mol. The number of amides is 3. The Bertz CT molecular complexity index is 530. The number of aromatic nitrogens is 1. The van der Waals surface area contributed by atoms with E-state index in [1.165, 1.54) is 6.42 Å². The Balaban J connectivity index is 1.74. The third-order valence-electron chi connectivity index (χ3n) is 4.22. The number of nitrogens with one attached hydrogen (secondary N) is 2. The van der Waals surface area contributed by atoms with Gasteiger partial charge in [0, 0.05) is 18.2 Å². The summed E-state index contributed by atoms with van der Waals surface area (Å²) in [4.78, 5) is 25.6. The molecule has 2 N–H and O–H groups in total. The first-order chi connectivity index (χ1) is 11.0. The van der Waals surface area contributed by atoms with E-state index in [1.807, 2.05) is 25.8 Å². The average molecular weight is 322 g/mol. The van der Waals surface area contributed by atoms with E-state index < -0.39 is 6.03 Å². The van der Waals surface area contributed by atoms with Crippen molar-refractivity contribution in [1.29, 1.82) is 0 Å². The van der Waals surface area contributed by atoms with E-state index in [-0.39, 0.29) is 18.5 Å². The van der Waals surface area contributed by atoms with Gasteiger partial charge < -0.3 is 9.84 Å². The van der Waals surface area contributed by atoms with Gasteiger partial charge in [0.1, 0.15) is 5.76 Å². The zero-order valence-electron chi connectivity index (χ0n) is 14.1. The van der Waals surface area contributed by atoms with Gasteiger partial charge in [0.15, 0.2) is 0 Å². The summed E-state index contributed by atoms with van der Waals surface area (Å²) in [6.07, 6.45) is 5.49. The first kappa shape index (κ1) is 17.5. The molecule has 1 fully saturated rings. The molecule has 1 aliphatic carbocycles. The van der Waals surface area contributed by atoms with Crippen LogP contribution in [0.1, 0.15) is 49.1 Å². The Morgan fingerprint density at radius 2 is 1.96 bits per heavy atom. The van der Waals surface area contributed by atoms with Crippen molar-refractivity contribution in [3.8, 4) is 0 Å². The molecule has 1 aromatic rings. The highest BCUT2D eigenvalue weighted by Gasteiger charge is 2.18. The molecule has 3 amide bonds. The van der Waals surface area contributed by atoms with Gasteiger partial charge in [-0.3, -0.25) is 15.0 Å². The van der Waals surface area contributed by atoms with Gasteiger partial charge >= 0.3 is 6.03 Å². The summed E-state index contributed by atoms with van der Waals surface area (Å²) in [5.74, 6) is 0.442. The van der Waals surface area contributed by atoms with Gasteiger partial charge in [-0.05, 0) is 33.7 Å². The fourth-order valence-corrected chi connectivity index (χ4v) is 2.93. The first-order valence-electron chi connectivity index (χ1n) is 8.16.